The van der Waals surface area contributed by atoms with Gasteiger partial charge in [-0.3, -0.25) is 9.90 Å². The van der Waals surface area contributed by atoms with E-state index in [0.717, 1.165) is 30.8 Å². The number of ether oxygens (including phenoxy) is 1. The second-order valence-corrected chi connectivity index (χ2v) is 5.67. The maximum atomic E-state index is 10.7. The monoisotopic (exact) mass is 332 g/mol. The molecule has 0 aliphatic rings. The van der Waals surface area contributed by atoms with Gasteiger partial charge in [-0.2, -0.15) is 0 Å². The van der Waals surface area contributed by atoms with Gasteiger partial charge in [0.15, 0.2) is 11.1 Å². The fraction of sp³-hybridized carbons (Fsp3) is 0.600. The normalized spacial score (nSPS) is 14.3. The molecule has 2 N–H and O–H groups in total. The third kappa shape index (κ3) is 8.99. The summed E-state index contributed by atoms with van der Waals surface area (Å²) >= 11 is -1.84. The predicted octanol–water partition coefficient (Wildman–Crippen LogP) is 2.06. The van der Waals surface area contributed by atoms with E-state index in [2.05, 4.69) is 18.5 Å². The van der Waals surface area contributed by atoms with Crippen molar-refractivity contribution in [2.24, 2.45) is 0 Å². The number of rotatable bonds is 13. The molecule has 6 nitrogen and oxygen atoms in total. The number of allylic oxidation sites excluding steroid dienone is 2. The molecule has 0 rings (SSSR count). The predicted molar refractivity (Wildman–Crippen MR) is 90.5 cm³/mol. The highest BCUT2D eigenvalue weighted by Gasteiger charge is 2.07. The summed E-state index contributed by atoms with van der Waals surface area (Å²) in [7, 11) is 3.17. The smallest absolute Gasteiger partial charge is 0.154 e. The van der Waals surface area contributed by atoms with Crippen molar-refractivity contribution in [3.05, 3.63) is 36.7 Å². The molecule has 0 aromatic carbocycles. The van der Waals surface area contributed by atoms with Crippen LogP contribution in [-0.2, 0) is 20.7 Å². The Morgan fingerprint density at radius 2 is 2.18 bits per heavy atom. The summed E-state index contributed by atoms with van der Waals surface area (Å²) in [5.74, 6) is 0.120. The van der Waals surface area contributed by atoms with E-state index in [4.69, 9.17) is 14.1 Å². The topological polar surface area (TPSA) is 71.0 Å². The van der Waals surface area contributed by atoms with Gasteiger partial charge in [0.05, 0.1) is 31.2 Å². The Kier molecular flexibility index (Phi) is 11.8. The Morgan fingerprint density at radius 1 is 1.50 bits per heavy atom. The standard InChI is InChI=1S/C15H28N2O4S/c1-6-15(17(21-5)11-12-22(18)19)9-7-8-10-16-13(2)14(3)20-4/h6,9,14,16H,1-2,7-8,10-12H2,3-5H3,(H,18,19)/b15-9+/t14-/m0/s1. The highest BCUT2D eigenvalue weighted by atomic mass is 32.2. The number of hydrogen-bond acceptors (Lipinski definition) is 5. The zero-order valence-electron chi connectivity index (χ0n) is 13.7. The minimum Gasteiger partial charge on any atom is -0.387 e. The van der Waals surface area contributed by atoms with Crippen LogP contribution in [0.25, 0.3) is 0 Å². The Morgan fingerprint density at radius 3 is 2.68 bits per heavy atom. The fourth-order valence-electron chi connectivity index (χ4n) is 1.66. The summed E-state index contributed by atoms with van der Waals surface area (Å²) in [6.45, 7) is 10.7. The van der Waals surface area contributed by atoms with Crippen LogP contribution in [0.2, 0.25) is 0 Å². The molecule has 0 spiro atoms. The molecule has 7 heteroatoms. The maximum absolute atomic E-state index is 10.7. The lowest BCUT2D eigenvalue weighted by Crippen LogP contribution is -2.26. The van der Waals surface area contributed by atoms with Gasteiger partial charge >= 0.3 is 0 Å². The Labute approximate surface area is 136 Å². The molecule has 0 amide bonds. The number of hydroxylamine groups is 2. The Bertz CT molecular complexity index is 399. The molecule has 0 aromatic heterocycles. The van der Waals surface area contributed by atoms with Gasteiger partial charge in [0.25, 0.3) is 0 Å². The summed E-state index contributed by atoms with van der Waals surface area (Å²) in [5, 5.41) is 4.77. The molecule has 0 saturated heterocycles. The molecule has 1 unspecified atom stereocenters. The van der Waals surface area contributed by atoms with Gasteiger partial charge in [-0.05, 0) is 25.8 Å². The van der Waals surface area contributed by atoms with Gasteiger partial charge < -0.3 is 14.6 Å². The summed E-state index contributed by atoms with van der Waals surface area (Å²) in [6, 6.07) is 0. The van der Waals surface area contributed by atoms with Crippen LogP contribution in [0.3, 0.4) is 0 Å². The first-order valence-corrected chi connectivity index (χ1v) is 8.41. The zero-order chi connectivity index (χ0) is 17.0. The molecule has 0 saturated carbocycles. The first kappa shape index (κ1) is 20.9. The molecule has 0 aliphatic heterocycles. The fourth-order valence-corrected chi connectivity index (χ4v) is 1.98. The lowest BCUT2D eigenvalue weighted by atomic mass is 10.2. The Hall–Kier alpha value is -1.15. The second-order valence-electron chi connectivity index (χ2n) is 4.62. The third-order valence-electron chi connectivity index (χ3n) is 3.12. The molecule has 0 radical (unpaired) electrons. The van der Waals surface area contributed by atoms with E-state index in [1.807, 2.05) is 13.0 Å². The first-order valence-electron chi connectivity index (χ1n) is 7.13. The number of nitrogens with one attached hydrogen (secondary N) is 1. The van der Waals surface area contributed by atoms with Crippen LogP contribution in [0, 0.1) is 0 Å². The summed E-state index contributed by atoms with van der Waals surface area (Å²) in [6.07, 6.45) is 5.38. The van der Waals surface area contributed by atoms with E-state index in [9.17, 15) is 4.21 Å². The van der Waals surface area contributed by atoms with Crippen molar-refractivity contribution in [3.63, 3.8) is 0 Å². The molecule has 0 bridgehead atoms. The largest absolute Gasteiger partial charge is 0.387 e. The van der Waals surface area contributed by atoms with Gasteiger partial charge in [0.1, 0.15) is 0 Å². The van der Waals surface area contributed by atoms with Crippen molar-refractivity contribution >= 4 is 11.1 Å². The molecule has 0 heterocycles. The molecule has 128 valence electrons. The van der Waals surface area contributed by atoms with E-state index in [-0.39, 0.29) is 11.9 Å². The van der Waals surface area contributed by atoms with Crippen molar-refractivity contribution in [2.75, 3.05) is 33.1 Å². The van der Waals surface area contributed by atoms with Gasteiger partial charge in [0.2, 0.25) is 0 Å². The van der Waals surface area contributed by atoms with Crippen LogP contribution in [0.4, 0.5) is 0 Å². The van der Waals surface area contributed by atoms with Crippen LogP contribution in [0.15, 0.2) is 36.7 Å². The molecule has 0 aromatic rings. The first-order chi connectivity index (χ1) is 10.5. The van der Waals surface area contributed by atoms with E-state index in [1.54, 1.807) is 18.2 Å². The van der Waals surface area contributed by atoms with Crippen molar-refractivity contribution in [1.82, 2.24) is 10.4 Å². The minimum atomic E-state index is -1.84. The highest BCUT2D eigenvalue weighted by molar-refractivity contribution is 7.79. The maximum Gasteiger partial charge on any atom is 0.154 e. The van der Waals surface area contributed by atoms with Crippen LogP contribution in [0.5, 0.6) is 0 Å². The van der Waals surface area contributed by atoms with E-state index in [1.165, 1.54) is 7.11 Å². The summed E-state index contributed by atoms with van der Waals surface area (Å²) < 4.78 is 24.7. The van der Waals surface area contributed by atoms with Crippen molar-refractivity contribution in [3.8, 4) is 0 Å². The molecule has 22 heavy (non-hydrogen) atoms. The van der Waals surface area contributed by atoms with Crippen molar-refractivity contribution in [1.29, 1.82) is 0 Å². The zero-order valence-corrected chi connectivity index (χ0v) is 14.5. The number of hydrogen-bond donors (Lipinski definition) is 2. The van der Waals surface area contributed by atoms with Crippen molar-refractivity contribution in [2.45, 2.75) is 25.9 Å². The van der Waals surface area contributed by atoms with Gasteiger partial charge in [0, 0.05) is 19.4 Å². The van der Waals surface area contributed by atoms with Crippen LogP contribution in [-0.4, -0.2) is 53.0 Å². The summed E-state index contributed by atoms with van der Waals surface area (Å²) in [4.78, 5) is 5.20. The average Bonchev–Trinajstić information content (AvgIpc) is 2.51. The van der Waals surface area contributed by atoms with Crippen LogP contribution >= 0.6 is 0 Å². The Balaban J connectivity index is 4.22. The van der Waals surface area contributed by atoms with Gasteiger partial charge in [-0.15, -0.1) is 0 Å². The van der Waals surface area contributed by atoms with E-state index >= 15 is 0 Å². The van der Waals surface area contributed by atoms with Crippen LogP contribution in [0.1, 0.15) is 19.8 Å². The molecule has 2 atom stereocenters. The van der Waals surface area contributed by atoms with Crippen molar-refractivity contribution < 1.29 is 18.3 Å². The molecule has 0 fully saturated rings. The lowest BCUT2D eigenvalue weighted by molar-refractivity contribution is -0.0919. The molecule has 0 aliphatic carbocycles. The highest BCUT2D eigenvalue weighted by Crippen LogP contribution is 2.08. The SMILES string of the molecule is C=C/C(=C\CCCNC(=C)[C@H](C)OC)N(CCS(=O)O)OC. The average molecular weight is 332 g/mol. The quantitative estimate of drug-likeness (QED) is 0.233. The number of nitrogens with zero attached hydrogens (tertiary/aromatic N) is 1. The van der Waals surface area contributed by atoms with Crippen LogP contribution < -0.4 is 5.32 Å². The molecular weight excluding hydrogens is 304 g/mol. The number of methoxy groups -OCH3 is 1. The van der Waals surface area contributed by atoms with Gasteiger partial charge in [-0.1, -0.05) is 19.2 Å². The minimum absolute atomic E-state index is 0.0115. The number of unbranched alkanes of at least 4 members (excludes halogenated alkanes) is 1. The van der Waals surface area contributed by atoms with E-state index < -0.39 is 11.1 Å². The second kappa shape index (κ2) is 12.4. The molecular formula is C15H28N2O4S. The summed E-state index contributed by atoms with van der Waals surface area (Å²) in [5.41, 5.74) is 1.65. The third-order valence-corrected chi connectivity index (χ3v) is 3.65. The lowest BCUT2D eigenvalue weighted by Gasteiger charge is -2.22. The van der Waals surface area contributed by atoms with E-state index in [0.29, 0.717) is 6.54 Å². The van der Waals surface area contributed by atoms with Gasteiger partial charge in [-0.25, -0.2) is 4.21 Å².